The Morgan fingerprint density at radius 2 is 2.03 bits per heavy atom. The highest BCUT2D eigenvalue weighted by molar-refractivity contribution is 6.31. The normalized spacial score (nSPS) is 12.9. The van der Waals surface area contributed by atoms with Crippen LogP contribution < -0.4 is 16.0 Å². The van der Waals surface area contributed by atoms with E-state index in [1.807, 2.05) is 48.4 Å². The van der Waals surface area contributed by atoms with Crippen molar-refractivity contribution in [1.82, 2.24) is 25.1 Å². The van der Waals surface area contributed by atoms with Crippen LogP contribution in [-0.4, -0.2) is 26.3 Å². The van der Waals surface area contributed by atoms with Crippen LogP contribution in [0.3, 0.4) is 0 Å². The second-order valence-electron chi connectivity index (χ2n) is 8.11. The molecule has 3 N–H and O–H groups in total. The summed E-state index contributed by atoms with van der Waals surface area (Å²) in [6.45, 7) is 6.74. The molecule has 0 saturated carbocycles. The molecule has 4 aromatic rings. The van der Waals surface area contributed by atoms with E-state index in [0.29, 0.717) is 16.8 Å². The van der Waals surface area contributed by atoms with Gasteiger partial charge in [-0.05, 0) is 67.8 Å². The summed E-state index contributed by atoms with van der Waals surface area (Å²) in [7, 11) is 0. The van der Waals surface area contributed by atoms with Crippen LogP contribution in [0.15, 0.2) is 55.0 Å². The largest absolute Gasteiger partial charge is 0.340 e. The van der Waals surface area contributed by atoms with Gasteiger partial charge in [-0.15, -0.1) is 0 Å². The van der Waals surface area contributed by atoms with E-state index in [1.54, 1.807) is 0 Å². The predicted molar refractivity (Wildman–Crippen MR) is 134 cm³/mol. The molecule has 0 amide bonds. The summed E-state index contributed by atoms with van der Waals surface area (Å²) in [5.74, 6) is 1.21. The number of anilines is 4. The average molecular weight is 460 g/mol. The Morgan fingerprint density at radius 1 is 1.12 bits per heavy atom. The zero-order valence-electron chi connectivity index (χ0n) is 18.7. The number of nitrogens with one attached hydrogen (secondary N) is 3. The van der Waals surface area contributed by atoms with Crippen molar-refractivity contribution in [3.05, 3.63) is 76.7 Å². The molecule has 0 saturated heterocycles. The van der Waals surface area contributed by atoms with Crippen LogP contribution in [0.25, 0.3) is 11.1 Å². The predicted octanol–water partition coefficient (Wildman–Crippen LogP) is 5.45. The van der Waals surface area contributed by atoms with Crippen LogP contribution in [0.4, 0.5) is 23.1 Å². The number of nitrogens with zero attached hydrogens (tertiary/aromatic N) is 4. The van der Waals surface area contributed by atoms with Crippen molar-refractivity contribution in [3.63, 3.8) is 0 Å². The second-order valence-corrected chi connectivity index (χ2v) is 8.52. The highest BCUT2D eigenvalue weighted by Crippen LogP contribution is 2.31. The summed E-state index contributed by atoms with van der Waals surface area (Å²) < 4.78 is 1.89. The topological polar surface area (TPSA) is 79.7 Å². The van der Waals surface area contributed by atoms with E-state index in [1.165, 1.54) is 11.1 Å². The van der Waals surface area contributed by atoms with Gasteiger partial charge in [-0.2, -0.15) is 10.1 Å². The molecule has 8 heteroatoms. The second kappa shape index (κ2) is 9.21. The van der Waals surface area contributed by atoms with Gasteiger partial charge < -0.3 is 16.0 Å². The Bertz CT molecular complexity index is 1300. The number of halogens is 1. The summed E-state index contributed by atoms with van der Waals surface area (Å²) in [4.78, 5) is 9.40. The molecule has 3 heterocycles. The fraction of sp³-hybridized carbons (Fsp3) is 0.240. The Kier molecular flexibility index (Phi) is 5.98. The molecule has 1 aliphatic heterocycles. The van der Waals surface area contributed by atoms with Crippen molar-refractivity contribution in [2.45, 2.75) is 33.4 Å². The molecule has 0 radical (unpaired) electrons. The van der Waals surface area contributed by atoms with Crippen molar-refractivity contribution in [1.29, 1.82) is 0 Å². The molecule has 2 aromatic heterocycles. The number of rotatable bonds is 6. The van der Waals surface area contributed by atoms with Crippen molar-refractivity contribution < 1.29 is 0 Å². The molecule has 7 nitrogen and oxygen atoms in total. The van der Waals surface area contributed by atoms with E-state index in [4.69, 9.17) is 16.6 Å². The highest BCUT2D eigenvalue weighted by Gasteiger charge is 2.15. The monoisotopic (exact) mass is 459 g/mol. The number of aromatic nitrogens is 4. The number of aryl methyl sites for hydroxylation is 1. The maximum atomic E-state index is 6.29. The maximum Gasteiger partial charge on any atom is 0.229 e. The molecule has 0 aliphatic carbocycles. The van der Waals surface area contributed by atoms with Gasteiger partial charge in [-0.3, -0.25) is 4.68 Å². The first-order valence-electron chi connectivity index (χ1n) is 11.1. The third-order valence-electron chi connectivity index (χ3n) is 5.93. The third-order valence-corrected chi connectivity index (χ3v) is 6.34. The summed E-state index contributed by atoms with van der Waals surface area (Å²) in [6.07, 6.45) is 6.74. The van der Waals surface area contributed by atoms with Crippen LogP contribution in [-0.2, 0) is 19.5 Å². The fourth-order valence-electron chi connectivity index (χ4n) is 3.98. The van der Waals surface area contributed by atoms with E-state index in [-0.39, 0.29) is 0 Å². The molecule has 0 bridgehead atoms. The van der Waals surface area contributed by atoms with Gasteiger partial charge in [-0.25, -0.2) is 4.98 Å². The Labute approximate surface area is 198 Å². The molecule has 1 aliphatic rings. The lowest BCUT2D eigenvalue weighted by atomic mass is 10.0. The highest BCUT2D eigenvalue weighted by atomic mass is 35.5. The molecule has 33 heavy (non-hydrogen) atoms. The first kappa shape index (κ1) is 21.4. The van der Waals surface area contributed by atoms with Gasteiger partial charge in [0.1, 0.15) is 5.82 Å². The van der Waals surface area contributed by atoms with Crippen molar-refractivity contribution >= 4 is 34.7 Å². The molecule has 168 valence electrons. The lowest BCUT2D eigenvalue weighted by molar-refractivity contribution is 0.644. The minimum absolute atomic E-state index is 0.495. The van der Waals surface area contributed by atoms with Crippen LogP contribution in [0, 0.1) is 6.92 Å². The van der Waals surface area contributed by atoms with Gasteiger partial charge in [0.2, 0.25) is 5.95 Å². The van der Waals surface area contributed by atoms with Crippen molar-refractivity contribution in [2.75, 3.05) is 17.2 Å². The van der Waals surface area contributed by atoms with Crippen LogP contribution >= 0.6 is 11.6 Å². The number of benzene rings is 2. The molecular formula is C25H26ClN7. The van der Waals surface area contributed by atoms with E-state index < -0.39 is 0 Å². The van der Waals surface area contributed by atoms with Crippen LogP contribution in [0.5, 0.6) is 0 Å². The van der Waals surface area contributed by atoms with E-state index in [0.717, 1.165) is 54.1 Å². The average Bonchev–Trinajstić information content (AvgIpc) is 3.31. The third kappa shape index (κ3) is 4.55. The van der Waals surface area contributed by atoms with Crippen LogP contribution in [0.1, 0.15) is 23.6 Å². The standard InChI is InChI=1S/C25H26ClN7/c1-3-33-15-19(13-29-33)21-14-28-25(31-23-6-4-5-22(26)16(23)2)32-24(21)30-20-8-7-17-9-10-27-12-18(17)11-20/h4-8,11,13-15,27H,3,9-10,12H2,1-2H3,(H2,28,30,31,32). The molecule has 5 rings (SSSR count). The molecule has 0 spiro atoms. The van der Waals surface area contributed by atoms with E-state index in [9.17, 15) is 0 Å². The molecule has 0 atom stereocenters. The zero-order valence-corrected chi connectivity index (χ0v) is 19.4. The number of hydrogen-bond donors (Lipinski definition) is 3. The van der Waals surface area contributed by atoms with Crippen molar-refractivity contribution in [3.8, 4) is 11.1 Å². The van der Waals surface area contributed by atoms with E-state index in [2.05, 4.69) is 51.2 Å². The van der Waals surface area contributed by atoms with Gasteiger partial charge in [-0.1, -0.05) is 23.7 Å². The van der Waals surface area contributed by atoms with Gasteiger partial charge in [0, 0.05) is 53.0 Å². The molecular weight excluding hydrogens is 434 g/mol. The summed E-state index contributed by atoms with van der Waals surface area (Å²) in [5.41, 5.74) is 7.37. The minimum atomic E-state index is 0.495. The Balaban J connectivity index is 1.52. The van der Waals surface area contributed by atoms with Gasteiger partial charge in [0.15, 0.2) is 0 Å². The lowest BCUT2D eigenvalue weighted by Crippen LogP contribution is -2.23. The number of hydrogen-bond acceptors (Lipinski definition) is 6. The van der Waals surface area contributed by atoms with Gasteiger partial charge in [0.25, 0.3) is 0 Å². The SMILES string of the molecule is CCn1cc(-c2cnc(Nc3cccc(Cl)c3C)nc2Nc2ccc3c(c2)CNCC3)cn1. The van der Waals surface area contributed by atoms with Crippen LogP contribution in [0.2, 0.25) is 5.02 Å². The van der Waals surface area contributed by atoms with Crippen molar-refractivity contribution in [2.24, 2.45) is 0 Å². The lowest BCUT2D eigenvalue weighted by Gasteiger charge is -2.19. The maximum absolute atomic E-state index is 6.29. The Hall–Kier alpha value is -3.42. The molecule has 2 aromatic carbocycles. The fourth-order valence-corrected chi connectivity index (χ4v) is 4.16. The quantitative estimate of drug-likeness (QED) is 0.355. The molecule has 0 unspecified atom stereocenters. The van der Waals surface area contributed by atoms with Gasteiger partial charge in [0.05, 0.1) is 6.20 Å². The zero-order chi connectivity index (χ0) is 22.8. The number of fused-ring (bicyclic) bond motifs is 1. The van der Waals surface area contributed by atoms with E-state index >= 15 is 0 Å². The summed E-state index contributed by atoms with van der Waals surface area (Å²) in [6, 6.07) is 12.2. The first-order valence-corrected chi connectivity index (χ1v) is 11.5. The summed E-state index contributed by atoms with van der Waals surface area (Å²) >= 11 is 6.29. The smallest absolute Gasteiger partial charge is 0.229 e. The van der Waals surface area contributed by atoms with Gasteiger partial charge >= 0.3 is 0 Å². The minimum Gasteiger partial charge on any atom is -0.340 e. The summed E-state index contributed by atoms with van der Waals surface area (Å²) in [5, 5.41) is 15.4. The first-order chi connectivity index (χ1) is 16.1. The molecule has 0 fully saturated rings. The Morgan fingerprint density at radius 3 is 2.88 bits per heavy atom.